The molecule has 1 aromatic rings. The molecule has 0 saturated heterocycles. The van der Waals surface area contributed by atoms with Gasteiger partial charge in [0.05, 0.1) is 16.0 Å². The maximum Gasteiger partial charge on any atom is 0.271 e. The van der Waals surface area contributed by atoms with E-state index < -0.39 is 4.92 Å². The van der Waals surface area contributed by atoms with Crippen LogP contribution in [0.3, 0.4) is 0 Å². The van der Waals surface area contributed by atoms with Gasteiger partial charge in [-0.05, 0) is 15.9 Å². The number of benzene rings is 1. The molecule has 0 aromatic heterocycles. The van der Waals surface area contributed by atoms with E-state index in [0.29, 0.717) is 28.8 Å². The number of rotatable bonds is 1. The first-order valence-corrected chi connectivity index (χ1v) is 5.25. The Labute approximate surface area is 107 Å². The van der Waals surface area contributed by atoms with Crippen LogP contribution in [-0.4, -0.2) is 11.5 Å². The molecule has 2 rings (SSSR count). The van der Waals surface area contributed by atoms with Crippen molar-refractivity contribution < 1.29 is 9.66 Å². The lowest BCUT2D eigenvalue weighted by Crippen LogP contribution is -2.21. The fourth-order valence-electron chi connectivity index (χ4n) is 1.58. The molecule has 0 aliphatic carbocycles. The first kappa shape index (κ1) is 13.2. The zero-order valence-electron chi connectivity index (χ0n) is 8.18. The molecule has 7 heteroatoms. The summed E-state index contributed by atoms with van der Waals surface area (Å²) in [6.07, 6.45) is 0.681. The Balaban J connectivity index is 0.00000128. The molecule has 0 radical (unpaired) electrons. The second-order valence-corrected chi connectivity index (χ2v) is 4.20. The van der Waals surface area contributed by atoms with Crippen LogP contribution in [0.15, 0.2) is 16.6 Å². The minimum absolute atomic E-state index is 0. The van der Waals surface area contributed by atoms with Gasteiger partial charge in [0.15, 0.2) is 0 Å². The third kappa shape index (κ3) is 2.28. The summed E-state index contributed by atoms with van der Waals surface area (Å²) in [4.78, 5) is 10.2. The lowest BCUT2D eigenvalue weighted by atomic mass is 10.0. The van der Waals surface area contributed by atoms with Crippen molar-refractivity contribution in [2.45, 2.75) is 12.5 Å². The summed E-state index contributed by atoms with van der Waals surface area (Å²) in [5, 5.41) is 10.6. The molecule has 1 aromatic carbocycles. The van der Waals surface area contributed by atoms with Gasteiger partial charge < -0.3 is 10.5 Å². The van der Waals surface area contributed by atoms with E-state index in [4.69, 9.17) is 10.5 Å². The van der Waals surface area contributed by atoms with Crippen molar-refractivity contribution in [2.75, 3.05) is 6.61 Å². The molecule has 1 atom stereocenters. The summed E-state index contributed by atoms with van der Waals surface area (Å²) < 4.78 is 5.99. The zero-order valence-corrected chi connectivity index (χ0v) is 10.6. The van der Waals surface area contributed by atoms with Crippen LogP contribution in [0.2, 0.25) is 0 Å². The van der Waals surface area contributed by atoms with Gasteiger partial charge in [-0.25, -0.2) is 0 Å². The molecule has 0 saturated carbocycles. The molecule has 1 heterocycles. The van der Waals surface area contributed by atoms with E-state index in [1.54, 1.807) is 0 Å². The molecule has 0 bridgehead atoms. The number of hydrogen-bond donors (Lipinski definition) is 1. The van der Waals surface area contributed by atoms with Crippen LogP contribution in [0.4, 0.5) is 5.69 Å². The minimum Gasteiger partial charge on any atom is -0.492 e. The highest BCUT2D eigenvalue weighted by Gasteiger charge is 2.24. The Kier molecular flexibility index (Phi) is 4.12. The summed E-state index contributed by atoms with van der Waals surface area (Å²) in [6.45, 7) is 0.546. The van der Waals surface area contributed by atoms with E-state index in [9.17, 15) is 10.1 Å². The Morgan fingerprint density at radius 2 is 2.25 bits per heavy atom. The minimum atomic E-state index is -0.438. The molecule has 16 heavy (non-hydrogen) atoms. The van der Waals surface area contributed by atoms with E-state index in [-0.39, 0.29) is 24.1 Å². The van der Waals surface area contributed by atoms with Gasteiger partial charge in [-0.15, -0.1) is 12.4 Å². The molecule has 88 valence electrons. The maximum atomic E-state index is 10.6. The van der Waals surface area contributed by atoms with Gasteiger partial charge in [0.2, 0.25) is 0 Å². The predicted molar refractivity (Wildman–Crippen MR) is 65.1 cm³/mol. The van der Waals surface area contributed by atoms with E-state index >= 15 is 0 Å². The van der Waals surface area contributed by atoms with Crippen molar-refractivity contribution in [1.82, 2.24) is 0 Å². The number of nitro benzene ring substituents is 1. The highest BCUT2D eigenvalue weighted by molar-refractivity contribution is 9.10. The van der Waals surface area contributed by atoms with Crippen molar-refractivity contribution >= 4 is 34.0 Å². The van der Waals surface area contributed by atoms with Crippen LogP contribution in [0.1, 0.15) is 18.0 Å². The van der Waals surface area contributed by atoms with Gasteiger partial charge >= 0.3 is 0 Å². The fraction of sp³-hybridized carbons (Fsp3) is 0.333. The van der Waals surface area contributed by atoms with Crippen LogP contribution < -0.4 is 10.5 Å². The second-order valence-electron chi connectivity index (χ2n) is 3.35. The van der Waals surface area contributed by atoms with Gasteiger partial charge in [-0.1, -0.05) is 0 Å². The summed E-state index contributed by atoms with van der Waals surface area (Å²) in [5.74, 6) is 0.624. The Morgan fingerprint density at radius 3 is 2.88 bits per heavy atom. The number of halogens is 2. The lowest BCUT2D eigenvalue weighted by Gasteiger charge is -2.23. The van der Waals surface area contributed by atoms with Crippen molar-refractivity contribution in [2.24, 2.45) is 5.73 Å². The summed E-state index contributed by atoms with van der Waals surface area (Å²) in [7, 11) is 0. The first-order valence-electron chi connectivity index (χ1n) is 4.46. The van der Waals surface area contributed by atoms with E-state index in [1.165, 1.54) is 12.1 Å². The summed E-state index contributed by atoms with van der Waals surface area (Å²) in [6, 6.07) is 2.71. The van der Waals surface area contributed by atoms with Crippen LogP contribution in [0.5, 0.6) is 5.75 Å². The van der Waals surface area contributed by atoms with E-state index in [0.717, 1.165) is 0 Å². The average Bonchev–Trinajstić information content (AvgIpc) is 2.19. The van der Waals surface area contributed by atoms with Gasteiger partial charge in [0.25, 0.3) is 5.69 Å². The van der Waals surface area contributed by atoms with Gasteiger partial charge in [0, 0.05) is 30.2 Å². The standard InChI is InChI=1S/C9H9BrN2O3.ClH/c10-7-4-5(12(13)14)3-6-8(11)1-2-15-9(6)7;/h3-4,8H,1-2,11H2;1H/t8-;/m1./s1. The largest absolute Gasteiger partial charge is 0.492 e. The van der Waals surface area contributed by atoms with Gasteiger partial charge in [0.1, 0.15) is 5.75 Å². The van der Waals surface area contributed by atoms with E-state index in [1.807, 2.05) is 0 Å². The quantitative estimate of drug-likeness (QED) is 0.639. The third-order valence-electron chi connectivity index (χ3n) is 2.34. The first-order chi connectivity index (χ1) is 7.09. The van der Waals surface area contributed by atoms with Crippen molar-refractivity contribution in [3.8, 4) is 5.75 Å². The normalized spacial score (nSPS) is 18.0. The number of nitro groups is 1. The molecule has 0 amide bonds. The lowest BCUT2D eigenvalue weighted by molar-refractivity contribution is -0.385. The third-order valence-corrected chi connectivity index (χ3v) is 2.93. The molecule has 1 aliphatic heterocycles. The smallest absolute Gasteiger partial charge is 0.271 e. The molecule has 0 fully saturated rings. The van der Waals surface area contributed by atoms with Crippen molar-refractivity contribution in [3.63, 3.8) is 0 Å². The molecule has 0 spiro atoms. The molecule has 5 nitrogen and oxygen atoms in total. The highest BCUT2D eigenvalue weighted by Crippen LogP contribution is 2.39. The van der Waals surface area contributed by atoms with Crippen LogP contribution in [0.25, 0.3) is 0 Å². The van der Waals surface area contributed by atoms with Crippen LogP contribution in [0, 0.1) is 10.1 Å². The number of nitrogens with two attached hydrogens (primary N) is 1. The number of nitrogens with zero attached hydrogens (tertiary/aromatic N) is 1. The van der Waals surface area contributed by atoms with Gasteiger partial charge in [-0.3, -0.25) is 10.1 Å². The van der Waals surface area contributed by atoms with Crippen LogP contribution in [-0.2, 0) is 0 Å². The SMILES string of the molecule is Cl.N[C@@H]1CCOc2c(Br)cc([N+](=O)[O-])cc21. The highest BCUT2D eigenvalue weighted by atomic mass is 79.9. The molecule has 0 unspecified atom stereocenters. The topological polar surface area (TPSA) is 78.4 Å². The van der Waals surface area contributed by atoms with E-state index in [2.05, 4.69) is 15.9 Å². The Bertz CT molecular complexity index is 427. The Morgan fingerprint density at radius 1 is 1.56 bits per heavy atom. The molecule has 2 N–H and O–H groups in total. The summed E-state index contributed by atoms with van der Waals surface area (Å²) in [5.41, 5.74) is 6.59. The van der Waals surface area contributed by atoms with Gasteiger partial charge in [-0.2, -0.15) is 0 Å². The number of non-ortho nitro benzene ring substituents is 1. The number of hydrogen-bond acceptors (Lipinski definition) is 4. The number of ether oxygens (including phenoxy) is 1. The summed E-state index contributed by atoms with van der Waals surface area (Å²) >= 11 is 3.24. The average molecular weight is 310 g/mol. The predicted octanol–water partition coefficient (Wildman–Crippen LogP) is 2.56. The second kappa shape index (κ2) is 4.99. The molecular weight excluding hydrogens is 299 g/mol. The fourth-order valence-corrected chi connectivity index (χ4v) is 2.15. The molecule has 1 aliphatic rings. The Hall–Kier alpha value is -0.850. The van der Waals surface area contributed by atoms with Crippen LogP contribution >= 0.6 is 28.3 Å². The number of fused-ring (bicyclic) bond motifs is 1. The maximum absolute atomic E-state index is 10.6. The molecular formula is C9H10BrClN2O3. The van der Waals surface area contributed by atoms with Crippen molar-refractivity contribution in [1.29, 1.82) is 0 Å². The zero-order chi connectivity index (χ0) is 11.0. The van der Waals surface area contributed by atoms with Crippen molar-refractivity contribution in [3.05, 3.63) is 32.3 Å². The monoisotopic (exact) mass is 308 g/mol.